The first-order chi connectivity index (χ1) is 17.8. The summed E-state index contributed by atoms with van der Waals surface area (Å²) in [6.45, 7) is 3.84. The molecule has 0 aliphatic heterocycles. The van der Waals surface area contributed by atoms with Crippen LogP contribution in [0.4, 0.5) is 0 Å². The second kappa shape index (κ2) is 12.1. The molecule has 0 spiro atoms. The zero-order valence-corrected chi connectivity index (χ0v) is 21.7. The van der Waals surface area contributed by atoms with Crippen LogP contribution in [0, 0.1) is 25.7 Å². The van der Waals surface area contributed by atoms with Gasteiger partial charge in [0.15, 0.2) is 0 Å². The molecule has 0 aromatic heterocycles. The minimum atomic E-state index is -0.234. The van der Waals surface area contributed by atoms with Crippen LogP contribution < -0.4 is 0 Å². The van der Waals surface area contributed by atoms with Crippen LogP contribution in [0.1, 0.15) is 71.9 Å². The Morgan fingerprint density at radius 2 is 1.19 bits per heavy atom. The average molecular weight is 505 g/mol. The Bertz CT molecular complexity index is 1120. The normalized spacial score (nSPS) is 19.0. The lowest BCUT2D eigenvalue weighted by atomic mass is 9.95. The van der Waals surface area contributed by atoms with Gasteiger partial charge in [0.25, 0.3) is 0 Å². The van der Waals surface area contributed by atoms with Crippen molar-refractivity contribution in [2.45, 2.75) is 72.0 Å². The number of benzene rings is 2. The SMILES string of the molecule is Cc1cc(COC(=O)C2C=CCCC2)cc(Cc2cc(COC(=O)C3C=CCCC3)cc(C)c2O)c1O. The van der Waals surface area contributed by atoms with Crippen molar-refractivity contribution in [2.24, 2.45) is 11.8 Å². The van der Waals surface area contributed by atoms with E-state index in [0.29, 0.717) is 22.3 Å². The summed E-state index contributed by atoms with van der Waals surface area (Å²) in [6.07, 6.45) is 13.7. The molecule has 37 heavy (non-hydrogen) atoms. The lowest BCUT2D eigenvalue weighted by Crippen LogP contribution is -2.17. The van der Waals surface area contributed by atoms with Gasteiger partial charge in [-0.15, -0.1) is 0 Å². The van der Waals surface area contributed by atoms with Crippen LogP contribution in [-0.2, 0) is 38.7 Å². The minimum absolute atomic E-state index is 0.119. The highest BCUT2D eigenvalue weighted by Gasteiger charge is 2.21. The number of allylic oxidation sites excluding steroid dienone is 2. The van der Waals surface area contributed by atoms with Crippen molar-refractivity contribution in [2.75, 3.05) is 0 Å². The third-order valence-corrected chi connectivity index (χ3v) is 7.14. The molecule has 0 saturated carbocycles. The molecule has 0 bridgehead atoms. The van der Waals surface area contributed by atoms with E-state index in [0.717, 1.165) is 49.7 Å². The summed E-state index contributed by atoms with van der Waals surface area (Å²) in [5.41, 5.74) is 4.14. The third-order valence-electron chi connectivity index (χ3n) is 7.14. The summed E-state index contributed by atoms with van der Waals surface area (Å²) in [6, 6.07) is 7.24. The fourth-order valence-corrected chi connectivity index (χ4v) is 5.05. The Hall–Kier alpha value is -3.54. The van der Waals surface area contributed by atoms with E-state index in [4.69, 9.17) is 9.47 Å². The molecule has 0 saturated heterocycles. The molecule has 6 heteroatoms. The number of phenolic OH excluding ortho intramolecular Hbond substituents is 2. The molecule has 2 unspecified atom stereocenters. The maximum atomic E-state index is 12.4. The molecule has 0 fully saturated rings. The highest BCUT2D eigenvalue weighted by Crippen LogP contribution is 2.32. The van der Waals surface area contributed by atoms with Gasteiger partial charge in [-0.3, -0.25) is 9.59 Å². The van der Waals surface area contributed by atoms with E-state index < -0.39 is 0 Å². The van der Waals surface area contributed by atoms with Crippen LogP contribution >= 0.6 is 0 Å². The zero-order valence-electron chi connectivity index (χ0n) is 21.7. The molecule has 6 nitrogen and oxygen atoms in total. The van der Waals surface area contributed by atoms with Gasteiger partial charge in [0.2, 0.25) is 0 Å². The first kappa shape index (κ1) is 26.5. The number of rotatable bonds is 8. The highest BCUT2D eigenvalue weighted by molar-refractivity contribution is 5.75. The van der Waals surface area contributed by atoms with E-state index in [1.807, 2.05) is 48.6 Å². The Morgan fingerprint density at radius 1 is 0.757 bits per heavy atom. The summed E-state index contributed by atoms with van der Waals surface area (Å²) in [7, 11) is 0. The van der Waals surface area contributed by atoms with Crippen LogP contribution in [0.3, 0.4) is 0 Å². The predicted octanol–water partition coefficient (Wildman–Crippen LogP) is 6.10. The van der Waals surface area contributed by atoms with Crippen LogP contribution in [0.15, 0.2) is 48.6 Å². The van der Waals surface area contributed by atoms with E-state index in [9.17, 15) is 19.8 Å². The van der Waals surface area contributed by atoms with Gasteiger partial charge in [-0.1, -0.05) is 24.3 Å². The summed E-state index contributed by atoms with van der Waals surface area (Å²) < 4.78 is 11.1. The number of aromatic hydroxyl groups is 2. The molecule has 2 aliphatic rings. The molecule has 2 aromatic carbocycles. The lowest BCUT2D eigenvalue weighted by Gasteiger charge is -2.17. The molecule has 2 aromatic rings. The Balaban J connectivity index is 1.46. The topological polar surface area (TPSA) is 93.1 Å². The van der Waals surface area contributed by atoms with E-state index in [1.165, 1.54) is 0 Å². The number of carbonyl (C=O) groups excluding carboxylic acids is 2. The Kier molecular flexibility index (Phi) is 8.70. The van der Waals surface area contributed by atoms with E-state index in [2.05, 4.69) is 0 Å². The number of phenols is 2. The number of hydrogen-bond acceptors (Lipinski definition) is 6. The van der Waals surface area contributed by atoms with Crippen molar-refractivity contribution in [1.82, 2.24) is 0 Å². The van der Waals surface area contributed by atoms with Crippen molar-refractivity contribution >= 4 is 11.9 Å². The van der Waals surface area contributed by atoms with Crippen molar-refractivity contribution < 1.29 is 29.3 Å². The van der Waals surface area contributed by atoms with Gasteiger partial charge >= 0.3 is 11.9 Å². The summed E-state index contributed by atoms with van der Waals surface area (Å²) in [5.74, 6) is -0.578. The van der Waals surface area contributed by atoms with Gasteiger partial charge in [0.05, 0.1) is 11.8 Å². The van der Waals surface area contributed by atoms with Gasteiger partial charge in [-0.25, -0.2) is 0 Å². The van der Waals surface area contributed by atoms with Gasteiger partial charge in [0, 0.05) is 6.42 Å². The summed E-state index contributed by atoms with van der Waals surface area (Å²) in [4.78, 5) is 24.9. The standard InChI is InChI=1S/C31H36O6/c1-20-13-22(18-36-30(34)24-9-5-3-6-10-24)15-26(28(20)32)17-27-16-23(14-21(2)29(27)33)19-37-31(35)25-11-7-4-8-12-25/h5,7,9,11,13-16,24-25,32-33H,3-4,6,8,10,12,17-19H2,1-2H3. The van der Waals surface area contributed by atoms with Crippen LogP contribution in [0.25, 0.3) is 0 Å². The predicted molar refractivity (Wildman–Crippen MR) is 141 cm³/mol. The van der Waals surface area contributed by atoms with Crippen LogP contribution in [-0.4, -0.2) is 22.2 Å². The zero-order chi connectivity index (χ0) is 26.4. The van der Waals surface area contributed by atoms with E-state index >= 15 is 0 Å². The minimum Gasteiger partial charge on any atom is -0.507 e. The van der Waals surface area contributed by atoms with Gasteiger partial charge in [0.1, 0.15) is 24.7 Å². The molecular weight excluding hydrogens is 468 g/mol. The van der Waals surface area contributed by atoms with Crippen molar-refractivity contribution in [1.29, 1.82) is 0 Å². The molecule has 4 rings (SSSR count). The fraction of sp³-hybridized carbons (Fsp3) is 0.419. The summed E-state index contributed by atoms with van der Waals surface area (Å²) in [5, 5.41) is 21.5. The second-order valence-electron chi connectivity index (χ2n) is 10.2. The quantitative estimate of drug-likeness (QED) is 0.333. The number of carbonyl (C=O) groups is 2. The van der Waals surface area contributed by atoms with Gasteiger partial charge in [-0.2, -0.15) is 0 Å². The third kappa shape index (κ3) is 6.82. The first-order valence-corrected chi connectivity index (χ1v) is 13.1. The maximum absolute atomic E-state index is 12.4. The highest BCUT2D eigenvalue weighted by atomic mass is 16.5. The lowest BCUT2D eigenvalue weighted by molar-refractivity contribution is -0.149. The van der Waals surface area contributed by atoms with Crippen LogP contribution in [0.2, 0.25) is 0 Å². The van der Waals surface area contributed by atoms with E-state index in [-0.39, 0.29) is 54.9 Å². The molecule has 2 N–H and O–H groups in total. The smallest absolute Gasteiger partial charge is 0.313 e. The van der Waals surface area contributed by atoms with Crippen molar-refractivity contribution in [3.8, 4) is 11.5 Å². The fourth-order valence-electron chi connectivity index (χ4n) is 5.05. The number of aryl methyl sites for hydroxylation is 2. The monoisotopic (exact) mass is 504 g/mol. The molecule has 0 heterocycles. The van der Waals surface area contributed by atoms with Gasteiger partial charge < -0.3 is 19.7 Å². The Morgan fingerprint density at radius 3 is 1.57 bits per heavy atom. The Labute approximate surface area is 218 Å². The first-order valence-electron chi connectivity index (χ1n) is 13.1. The molecule has 2 aliphatic carbocycles. The van der Waals surface area contributed by atoms with Crippen LogP contribution in [0.5, 0.6) is 11.5 Å². The summed E-state index contributed by atoms with van der Waals surface area (Å²) >= 11 is 0. The van der Waals surface area contributed by atoms with E-state index in [1.54, 1.807) is 13.8 Å². The number of esters is 2. The molecule has 2 atom stereocenters. The average Bonchev–Trinajstić information content (AvgIpc) is 2.92. The number of ether oxygens (including phenoxy) is 2. The molecule has 0 radical (unpaired) electrons. The maximum Gasteiger partial charge on any atom is 0.313 e. The molecule has 196 valence electrons. The largest absolute Gasteiger partial charge is 0.507 e. The molecule has 0 amide bonds. The second-order valence-corrected chi connectivity index (χ2v) is 10.2. The number of hydrogen-bond donors (Lipinski definition) is 2. The van der Waals surface area contributed by atoms with Crippen molar-refractivity contribution in [3.05, 3.63) is 82.0 Å². The molecular formula is C31H36O6. The van der Waals surface area contributed by atoms with Crippen molar-refractivity contribution in [3.63, 3.8) is 0 Å². The van der Waals surface area contributed by atoms with Gasteiger partial charge in [-0.05, 0) is 110 Å².